The van der Waals surface area contributed by atoms with E-state index in [1.807, 2.05) is 0 Å². The summed E-state index contributed by atoms with van der Waals surface area (Å²) in [6, 6.07) is 11.6. The van der Waals surface area contributed by atoms with Gasteiger partial charge in [-0.3, -0.25) is 14.9 Å². The molecule has 0 heterocycles. The van der Waals surface area contributed by atoms with Crippen molar-refractivity contribution in [2.45, 2.75) is 12.8 Å². The highest BCUT2D eigenvalue weighted by Crippen LogP contribution is 2.15. The second kappa shape index (κ2) is 6.60. The lowest BCUT2D eigenvalue weighted by Crippen LogP contribution is -2.12. The Balaban J connectivity index is 1.86. The maximum atomic E-state index is 12.7. The average Bonchev–Trinajstić information content (AvgIpc) is 2.47. The van der Waals surface area contributed by atoms with E-state index in [2.05, 4.69) is 5.32 Å². The van der Waals surface area contributed by atoms with E-state index >= 15 is 0 Å². The van der Waals surface area contributed by atoms with E-state index in [4.69, 9.17) is 0 Å². The van der Waals surface area contributed by atoms with Gasteiger partial charge in [-0.2, -0.15) is 0 Å². The quantitative estimate of drug-likeness (QED) is 0.677. The zero-order valence-electron chi connectivity index (χ0n) is 11.1. The molecule has 0 spiro atoms. The normalized spacial score (nSPS) is 10.1. The highest BCUT2D eigenvalue weighted by Gasteiger charge is 2.06. The maximum Gasteiger partial charge on any atom is 0.269 e. The van der Waals surface area contributed by atoms with Gasteiger partial charge in [-0.1, -0.05) is 12.1 Å². The first-order valence-electron chi connectivity index (χ1n) is 6.33. The number of amides is 1. The standard InChI is InChI=1S/C15H13FN2O3/c16-12-4-1-11(2-5-12)3-10-15(19)17-13-6-8-14(9-7-13)18(20)21/h1-2,4-9H,3,10H2,(H,17,19). The van der Waals surface area contributed by atoms with Crippen molar-refractivity contribution in [3.63, 3.8) is 0 Å². The summed E-state index contributed by atoms with van der Waals surface area (Å²) in [6.45, 7) is 0. The van der Waals surface area contributed by atoms with Gasteiger partial charge in [0.1, 0.15) is 5.82 Å². The SMILES string of the molecule is O=C(CCc1ccc(F)cc1)Nc1ccc([N+](=O)[O-])cc1. The first-order valence-corrected chi connectivity index (χ1v) is 6.33. The second-order valence-corrected chi connectivity index (χ2v) is 4.48. The van der Waals surface area contributed by atoms with Gasteiger partial charge in [0.25, 0.3) is 5.69 Å². The van der Waals surface area contributed by atoms with Gasteiger partial charge in [-0.15, -0.1) is 0 Å². The molecule has 0 unspecified atom stereocenters. The van der Waals surface area contributed by atoms with E-state index in [0.717, 1.165) is 5.56 Å². The Hall–Kier alpha value is -2.76. The third-order valence-corrected chi connectivity index (χ3v) is 2.92. The fourth-order valence-corrected chi connectivity index (χ4v) is 1.80. The molecule has 0 radical (unpaired) electrons. The third kappa shape index (κ3) is 4.38. The van der Waals surface area contributed by atoms with Gasteiger partial charge in [0.05, 0.1) is 4.92 Å². The summed E-state index contributed by atoms with van der Waals surface area (Å²) < 4.78 is 12.7. The van der Waals surface area contributed by atoms with Crippen molar-refractivity contribution in [1.82, 2.24) is 0 Å². The number of nitrogens with one attached hydrogen (secondary N) is 1. The minimum atomic E-state index is -0.500. The smallest absolute Gasteiger partial charge is 0.269 e. The summed E-state index contributed by atoms with van der Waals surface area (Å²) >= 11 is 0. The fourth-order valence-electron chi connectivity index (χ4n) is 1.80. The molecule has 1 amide bonds. The number of benzene rings is 2. The first-order chi connectivity index (χ1) is 10.0. The molecule has 108 valence electrons. The van der Waals surface area contributed by atoms with Crippen LogP contribution >= 0.6 is 0 Å². The predicted octanol–water partition coefficient (Wildman–Crippen LogP) is 3.31. The molecule has 0 aromatic heterocycles. The van der Waals surface area contributed by atoms with E-state index in [1.54, 1.807) is 12.1 Å². The van der Waals surface area contributed by atoms with Crippen LogP contribution in [0, 0.1) is 15.9 Å². The highest BCUT2D eigenvalue weighted by atomic mass is 19.1. The van der Waals surface area contributed by atoms with Crippen LogP contribution in [0.2, 0.25) is 0 Å². The van der Waals surface area contributed by atoms with Crippen LogP contribution in [0.1, 0.15) is 12.0 Å². The zero-order valence-corrected chi connectivity index (χ0v) is 11.1. The molecule has 0 aliphatic heterocycles. The Morgan fingerprint density at radius 1 is 1.10 bits per heavy atom. The van der Waals surface area contributed by atoms with E-state index in [0.29, 0.717) is 12.1 Å². The number of anilines is 1. The molecule has 2 aromatic rings. The number of non-ortho nitro benzene ring substituents is 1. The molecule has 0 saturated carbocycles. The Labute approximate surface area is 120 Å². The Bertz CT molecular complexity index is 639. The molecule has 0 atom stereocenters. The Morgan fingerprint density at radius 2 is 1.71 bits per heavy atom. The molecule has 2 aromatic carbocycles. The fraction of sp³-hybridized carbons (Fsp3) is 0.133. The number of hydrogen-bond donors (Lipinski definition) is 1. The molecule has 21 heavy (non-hydrogen) atoms. The van der Waals surface area contributed by atoms with Crippen LogP contribution in [-0.4, -0.2) is 10.8 Å². The second-order valence-electron chi connectivity index (χ2n) is 4.48. The maximum absolute atomic E-state index is 12.7. The van der Waals surface area contributed by atoms with Crippen molar-refractivity contribution in [2.75, 3.05) is 5.32 Å². The lowest BCUT2D eigenvalue weighted by Gasteiger charge is -2.05. The minimum absolute atomic E-state index is 0.0284. The van der Waals surface area contributed by atoms with E-state index in [1.165, 1.54) is 36.4 Å². The topological polar surface area (TPSA) is 72.2 Å². The van der Waals surface area contributed by atoms with Crippen molar-refractivity contribution in [3.8, 4) is 0 Å². The number of nitro groups is 1. The summed E-state index contributed by atoms with van der Waals surface area (Å²) in [5.41, 5.74) is 1.35. The van der Waals surface area contributed by atoms with Gasteiger partial charge in [-0.05, 0) is 36.2 Å². The van der Waals surface area contributed by atoms with Crippen molar-refractivity contribution in [3.05, 3.63) is 70.0 Å². The molecule has 0 saturated heterocycles. The van der Waals surface area contributed by atoms with Crippen LogP contribution in [0.15, 0.2) is 48.5 Å². The van der Waals surface area contributed by atoms with Crippen LogP contribution in [0.4, 0.5) is 15.8 Å². The number of rotatable bonds is 5. The van der Waals surface area contributed by atoms with Crippen LogP contribution in [-0.2, 0) is 11.2 Å². The molecule has 6 heteroatoms. The van der Waals surface area contributed by atoms with Crippen molar-refractivity contribution < 1.29 is 14.1 Å². The number of aryl methyl sites for hydroxylation is 1. The highest BCUT2D eigenvalue weighted by molar-refractivity contribution is 5.90. The molecule has 0 bridgehead atoms. The monoisotopic (exact) mass is 288 g/mol. The van der Waals surface area contributed by atoms with E-state index < -0.39 is 4.92 Å². The lowest BCUT2D eigenvalue weighted by molar-refractivity contribution is -0.384. The van der Waals surface area contributed by atoms with Gasteiger partial charge in [0.15, 0.2) is 0 Å². The predicted molar refractivity (Wildman–Crippen MR) is 76.4 cm³/mol. The van der Waals surface area contributed by atoms with E-state index in [9.17, 15) is 19.3 Å². The molecule has 5 nitrogen and oxygen atoms in total. The van der Waals surface area contributed by atoms with Crippen LogP contribution in [0.3, 0.4) is 0 Å². The molecule has 1 N–H and O–H groups in total. The number of carbonyl (C=O) groups is 1. The van der Waals surface area contributed by atoms with Gasteiger partial charge in [-0.25, -0.2) is 4.39 Å². The van der Waals surface area contributed by atoms with Crippen molar-refractivity contribution in [2.24, 2.45) is 0 Å². The van der Waals surface area contributed by atoms with Gasteiger partial charge < -0.3 is 5.32 Å². The van der Waals surface area contributed by atoms with Gasteiger partial charge in [0.2, 0.25) is 5.91 Å². The van der Waals surface area contributed by atoms with Crippen LogP contribution < -0.4 is 5.32 Å². The number of hydrogen-bond acceptors (Lipinski definition) is 3. The summed E-state index contributed by atoms with van der Waals surface area (Å²) in [6.07, 6.45) is 0.752. The summed E-state index contributed by atoms with van der Waals surface area (Å²) in [4.78, 5) is 21.8. The summed E-state index contributed by atoms with van der Waals surface area (Å²) in [5, 5.41) is 13.2. The summed E-state index contributed by atoms with van der Waals surface area (Å²) in [5.74, 6) is -0.512. The van der Waals surface area contributed by atoms with Crippen LogP contribution in [0.25, 0.3) is 0 Å². The zero-order chi connectivity index (χ0) is 15.2. The van der Waals surface area contributed by atoms with Crippen molar-refractivity contribution >= 4 is 17.3 Å². The Kier molecular flexibility index (Phi) is 4.61. The molecule has 0 fully saturated rings. The molecule has 2 rings (SSSR count). The molecular formula is C15H13FN2O3. The van der Waals surface area contributed by atoms with Crippen LogP contribution in [0.5, 0.6) is 0 Å². The molecule has 0 aliphatic rings. The number of carbonyl (C=O) groups excluding carboxylic acids is 1. The third-order valence-electron chi connectivity index (χ3n) is 2.92. The van der Waals surface area contributed by atoms with Crippen molar-refractivity contribution in [1.29, 1.82) is 0 Å². The molecule has 0 aliphatic carbocycles. The largest absolute Gasteiger partial charge is 0.326 e. The summed E-state index contributed by atoms with van der Waals surface area (Å²) in [7, 11) is 0. The first kappa shape index (κ1) is 14.6. The Morgan fingerprint density at radius 3 is 2.29 bits per heavy atom. The average molecular weight is 288 g/mol. The van der Waals surface area contributed by atoms with E-state index in [-0.39, 0.29) is 23.8 Å². The van der Waals surface area contributed by atoms with Gasteiger partial charge in [0, 0.05) is 24.2 Å². The number of nitro benzene ring substituents is 1. The number of halogens is 1. The van der Waals surface area contributed by atoms with Gasteiger partial charge >= 0.3 is 0 Å². The number of nitrogens with zero attached hydrogens (tertiary/aromatic N) is 1. The lowest BCUT2D eigenvalue weighted by atomic mass is 10.1. The molecular weight excluding hydrogens is 275 g/mol. The minimum Gasteiger partial charge on any atom is -0.326 e.